The summed E-state index contributed by atoms with van der Waals surface area (Å²) in [5.74, 6) is 0.305. The Hall–Kier alpha value is -2.37. The van der Waals surface area contributed by atoms with Gasteiger partial charge in [-0.15, -0.1) is 0 Å². The number of carbonyl (C=O) groups is 3. The largest absolute Gasteiger partial charge is 0.355 e. The highest BCUT2D eigenvalue weighted by atomic mass is 16.2. The summed E-state index contributed by atoms with van der Waals surface area (Å²) >= 11 is 0. The maximum atomic E-state index is 11.8. The van der Waals surface area contributed by atoms with E-state index in [0.717, 1.165) is 5.92 Å². The summed E-state index contributed by atoms with van der Waals surface area (Å²) in [5, 5.41) is 7.67. The third-order valence-corrected chi connectivity index (χ3v) is 2.47. The predicted octanol–water partition coefficient (Wildman–Crippen LogP) is 2.73. The number of rotatable bonds is 6. The Morgan fingerprint density at radius 3 is 1.92 bits per heavy atom. The molecule has 1 aromatic rings. The second-order valence-corrected chi connectivity index (χ2v) is 5.59. The van der Waals surface area contributed by atoms with Gasteiger partial charge >= 0.3 is 0 Å². The molecule has 0 unspecified atom stereocenters. The molecule has 0 bridgehead atoms. The van der Waals surface area contributed by atoms with Gasteiger partial charge in [0.25, 0.3) is 11.8 Å². The Kier molecular flexibility index (Phi) is 15.1. The molecule has 0 spiro atoms. The van der Waals surface area contributed by atoms with E-state index in [2.05, 4.69) is 36.7 Å². The molecule has 3 amide bonds. The molecule has 0 aliphatic rings. The van der Waals surface area contributed by atoms with Crippen LogP contribution >= 0.6 is 0 Å². The normalized spacial score (nSPS) is 8.96. The highest BCUT2D eigenvalue weighted by molar-refractivity contribution is 5.99. The lowest BCUT2D eigenvalue weighted by Gasteiger charge is -2.09. The molecular weight excluding hydrogens is 318 g/mol. The topological polar surface area (TPSA) is 87.3 Å². The van der Waals surface area contributed by atoms with Crippen molar-refractivity contribution in [3.05, 3.63) is 34.9 Å². The van der Waals surface area contributed by atoms with Crippen LogP contribution in [0.4, 0.5) is 0 Å². The van der Waals surface area contributed by atoms with Crippen LogP contribution in [0.15, 0.2) is 18.2 Å². The molecule has 25 heavy (non-hydrogen) atoms. The molecule has 0 radical (unpaired) electrons. The van der Waals surface area contributed by atoms with Gasteiger partial charge in [-0.2, -0.15) is 0 Å². The van der Waals surface area contributed by atoms with E-state index in [-0.39, 0.29) is 18.4 Å². The van der Waals surface area contributed by atoms with Gasteiger partial charge in [-0.1, -0.05) is 34.6 Å². The van der Waals surface area contributed by atoms with E-state index in [1.165, 1.54) is 13.1 Å². The smallest absolute Gasteiger partial charge is 0.251 e. The number of amides is 3. The van der Waals surface area contributed by atoms with Gasteiger partial charge in [0, 0.05) is 31.3 Å². The van der Waals surface area contributed by atoms with Gasteiger partial charge in [-0.05, 0) is 36.6 Å². The van der Waals surface area contributed by atoms with E-state index >= 15 is 0 Å². The Labute approximate surface area is 151 Å². The SMILES string of the molecule is CC.CC(C)C.CCNC(=O)c1cc(CNC=O)cc(C(=O)NC)c1. The van der Waals surface area contributed by atoms with Crippen molar-refractivity contribution in [3.8, 4) is 0 Å². The van der Waals surface area contributed by atoms with Crippen LogP contribution in [0.5, 0.6) is 0 Å². The van der Waals surface area contributed by atoms with Crippen LogP contribution in [0, 0.1) is 5.92 Å². The van der Waals surface area contributed by atoms with Gasteiger partial charge in [0.05, 0.1) is 0 Å². The summed E-state index contributed by atoms with van der Waals surface area (Å²) in [6.45, 7) is 13.1. The average Bonchev–Trinajstić information content (AvgIpc) is 2.60. The molecule has 3 N–H and O–H groups in total. The third kappa shape index (κ3) is 11.8. The zero-order valence-electron chi connectivity index (χ0n) is 16.5. The Balaban J connectivity index is 0. The van der Waals surface area contributed by atoms with E-state index in [4.69, 9.17) is 0 Å². The van der Waals surface area contributed by atoms with Crippen LogP contribution in [-0.2, 0) is 11.3 Å². The second kappa shape index (κ2) is 15.2. The lowest BCUT2D eigenvalue weighted by molar-refractivity contribution is -0.109. The first-order valence-electron chi connectivity index (χ1n) is 8.66. The fraction of sp³-hybridized carbons (Fsp3) is 0.526. The quantitative estimate of drug-likeness (QED) is 0.689. The molecule has 0 aliphatic heterocycles. The summed E-state index contributed by atoms with van der Waals surface area (Å²) in [7, 11) is 1.52. The van der Waals surface area contributed by atoms with Crippen molar-refractivity contribution >= 4 is 18.2 Å². The van der Waals surface area contributed by atoms with Gasteiger partial charge in [0.1, 0.15) is 0 Å². The van der Waals surface area contributed by atoms with Crippen LogP contribution in [0.25, 0.3) is 0 Å². The lowest BCUT2D eigenvalue weighted by Crippen LogP contribution is -2.25. The number of carbonyl (C=O) groups excluding carboxylic acids is 3. The fourth-order valence-corrected chi connectivity index (χ4v) is 1.62. The zero-order valence-corrected chi connectivity index (χ0v) is 16.5. The number of benzene rings is 1. The molecule has 142 valence electrons. The minimum atomic E-state index is -0.279. The van der Waals surface area contributed by atoms with Crippen molar-refractivity contribution in [2.45, 2.75) is 48.1 Å². The van der Waals surface area contributed by atoms with Crippen LogP contribution in [-0.4, -0.2) is 31.8 Å². The first kappa shape index (κ1) is 24.9. The van der Waals surface area contributed by atoms with Crippen molar-refractivity contribution in [3.63, 3.8) is 0 Å². The third-order valence-electron chi connectivity index (χ3n) is 2.47. The molecule has 0 aromatic heterocycles. The van der Waals surface area contributed by atoms with Gasteiger partial charge in [0.15, 0.2) is 0 Å². The van der Waals surface area contributed by atoms with Crippen LogP contribution in [0.3, 0.4) is 0 Å². The molecule has 0 saturated heterocycles. The van der Waals surface area contributed by atoms with Gasteiger partial charge < -0.3 is 16.0 Å². The zero-order chi connectivity index (χ0) is 19.8. The molecule has 0 saturated carbocycles. The molecule has 6 heteroatoms. The highest BCUT2D eigenvalue weighted by Crippen LogP contribution is 2.11. The molecule has 0 fully saturated rings. The van der Waals surface area contributed by atoms with Crippen molar-refractivity contribution in [2.75, 3.05) is 13.6 Å². The van der Waals surface area contributed by atoms with E-state index in [1.54, 1.807) is 12.1 Å². The van der Waals surface area contributed by atoms with Crippen LogP contribution < -0.4 is 16.0 Å². The Morgan fingerprint density at radius 2 is 1.52 bits per heavy atom. The van der Waals surface area contributed by atoms with E-state index < -0.39 is 0 Å². The molecule has 0 heterocycles. The summed E-state index contributed by atoms with van der Waals surface area (Å²) in [6, 6.07) is 4.81. The molecule has 0 aliphatic carbocycles. The van der Waals surface area contributed by atoms with E-state index in [1.807, 2.05) is 20.8 Å². The summed E-state index contributed by atoms with van der Waals surface area (Å²) < 4.78 is 0. The highest BCUT2D eigenvalue weighted by Gasteiger charge is 2.11. The molecule has 1 rings (SSSR count). The molecular formula is C19H33N3O3. The summed E-state index contributed by atoms with van der Waals surface area (Å²) in [6.07, 6.45) is 0.568. The first-order valence-corrected chi connectivity index (χ1v) is 8.66. The van der Waals surface area contributed by atoms with Gasteiger partial charge in [-0.3, -0.25) is 14.4 Å². The van der Waals surface area contributed by atoms with Crippen LogP contribution in [0.2, 0.25) is 0 Å². The lowest BCUT2D eigenvalue weighted by atomic mass is 10.0. The minimum absolute atomic E-state index is 0.249. The number of hydrogen-bond acceptors (Lipinski definition) is 3. The van der Waals surface area contributed by atoms with Crippen molar-refractivity contribution < 1.29 is 14.4 Å². The second-order valence-electron chi connectivity index (χ2n) is 5.59. The maximum absolute atomic E-state index is 11.8. The van der Waals surface area contributed by atoms with Crippen molar-refractivity contribution in [1.29, 1.82) is 0 Å². The minimum Gasteiger partial charge on any atom is -0.355 e. The summed E-state index contributed by atoms with van der Waals surface area (Å²) in [4.78, 5) is 33.7. The van der Waals surface area contributed by atoms with Crippen molar-refractivity contribution in [2.24, 2.45) is 5.92 Å². The molecule has 1 aromatic carbocycles. The Morgan fingerprint density at radius 1 is 1.04 bits per heavy atom. The van der Waals surface area contributed by atoms with Gasteiger partial charge in [-0.25, -0.2) is 0 Å². The molecule has 0 atom stereocenters. The standard InChI is InChI=1S/C13H17N3O3.C4H10.C2H6/c1-3-16-13(19)11-5-9(7-15-8-17)4-10(6-11)12(18)14-2;1-4(2)3;1-2/h4-6,8H,3,7H2,1-2H3,(H,14,18)(H,15,17)(H,16,19);4H,1-3H3;1-2H3. The van der Waals surface area contributed by atoms with Crippen molar-refractivity contribution in [1.82, 2.24) is 16.0 Å². The van der Waals surface area contributed by atoms with E-state index in [9.17, 15) is 14.4 Å². The monoisotopic (exact) mass is 351 g/mol. The Bertz CT molecular complexity index is 526. The van der Waals surface area contributed by atoms with Gasteiger partial charge in [0.2, 0.25) is 6.41 Å². The predicted molar refractivity (Wildman–Crippen MR) is 103 cm³/mol. The molecule has 6 nitrogen and oxygen atoms in total. The fourth-order valence-electron chi connectivity index (χ4n) is 1.62. The first-order chi connectivity index (χ1) is 11.8. The maximum Gasteiger partial charge on any atom is 0.251 e. The van der Waals surface area contributed by atoms with Crippen LogP contribution in [0.1, 0.15) is 67.8 Å². The number of nitrogens with one attached hydrogen (secondary N) is 3. The average molecular weight is 351 g/mol. The summed E-state index contributed by atoms with van der Waals surface area (Å²) in [5.41, 5.74) is 1.47. The number of hydrogen-bond donors (Lipinski definition) is 3. The van der Waals surface area contributed by atoms with E-state index in [0.29, 0.717) is 29.6 Å².